The highest BCUT2D eigenvalue weighted by atomic mass is 32.2. The summed E-state index contributed by atoms with van der Waals surface area (Å²) in [4.78, 5) is -3.19. The van der Waals surface area contributed by atoms with Gasteiger partial charge in [0, 0.05) is 5.75 Å². The van der Waals surface area contributed by atoms with Crippen molar-refractivity contribution in [3.63, 3.8) is 0 Å². The summed E-state index contributed by atoms with van der Waals surface area (Å²) in [5.41, 5.74) is 0.899. The molecule has 0 spiro atoms. The first-order valence-electron chi connectivity index (χ1n) is 7.46. The molecule has 27 heavy (non-hydrogen) atoms. The average molecular weight is 421 g/mol. The Bertz CT molecular complexity index is 915. The van der Waals surface area contributed by atoms with Gasteiger partial charge >= 0.3 is 0 Å². The molecule has 4 nitrogen and oxygen atoms in total. The summed E-state index contributed by atoms with van der Waals surface area (Å²) >= 11 is 0.442. The van der Waals surface area contributed by atoms with E-state index >= 15 is 0 Å². The van der Waals surface area contributed by atoms with Crippen LogP contribution in [0.1, 0.15) is 12.0 Å². The molecule has 0 bridgehead atoms. The Labute approximate surface area is 157 Å². The van der Waals surface area contributed by atoms with Crippen molar-refractivity contribution in [3.8, 4) is 5.75 Å². The zero-order chi connectivity index (χ0) is 20.2. The summed E-state index contributed by atoms with van der Waals surface area (Å²) in [6.07, 6.45) is 1.93. The average Bonchev–Trinajstić information content (AvgIpc) is 2.62. The molecule has 0 amide bonds. The van der Waals surface area contributed by atoms with Crippen molar-refractivity contribution < 1.29 is 35.3 Å². The fourth-order valence-electron chi connectivity index (χ4n) is 2.06. The molecule has 2 rings (SSSR count). The molecular formula is C17H13F4O4S2-. The highest BCUT2D eigenvalue weighted by Gasteiger charge is 2.28. The fraction of sp³-hybridized carbons (Fsp3) is 0.176. The predicted molar refractivity (Wildman–Crippen MR) is 91.6 cm³/mol. The Kier molecular flexibility index (Phi) is 6.90. The summed E-state index contributed by atoms with van der Waals surface area (Å²) < 4.78 is 92.7. The summed E-state index contributed by atoms with van der Waals surface area (Å²) in [7, 11) is -5.71. The van der Waals surface area contributed by atoms with E-state index in [1.165, 1.54) is 0 Å². The van der Waals surface area contributed by atoms with Crippen LogP contribution in [0.25, 0.3) is 6.08 Å². The minimum atomic E-state index is -5.71. The monoisotopic (exact) mass is 421 g/mol. The first-order chi connectivity index (χ1) is 12.7. The molecule has 0 unspecified atom stereocenters. The van der Waals surface area contributed by atoms with Crippen LogP contribution in [0.5, 0.6) is 5.75 Å². The quantitative estimate of drug-likeness (QED) is 0.208. The van der Waals surface area contributed by atoms with E-state index in [1.54, 1.807) is 30.3 Å². The SMILES string of the molecule is C=Cc1ccc(OCCCSc2c(F)c(F)c(S(=O)(=O)[O-])c(F)c2F)cc1. The summed E-state index contributed by atoms with van der Waals surface area (Å²) in [5.74, 6) is -7.72. The van der Waals surface area contributed by atoms with Crippen molar-refractivity contribution in [2.24, 2.45) is 0 Å². The van der Waals surface area contributed by atoms with Gasteiger partial charge in [0.1, 0.15) is 20.8 Å². The molecule has 0 aromatic heterocycles. The van der Waals surface area contributed by atoms with Crippen molar-refractivity contribution in [3.05, 3.63) is 59.7 Å². The van der Waals surface area contributed by atoms with E-state index in [1.807, 2.05) is 0 Å². The van der Waals surface area contributed by atoms with E-state index in [4.69, 9.17) is 4.74 Å². The lowest BCUT2D eigenvalue weighted by Crippen LogP contribution is -2.11. The summed E-state index contributed by atoms with van der Waals surface area (Å²) in [6.45, 7) is 3.78. The van der Waals surface area contributed by atoms with Gasteiger partial charge in [-0.05, 0) is 24.1 Å². The van der Waals surface area contributed by atoms with Gasteiger partial charge in [0.05, 0.1) is 11.5 Å². The number of thioether (sulfide) groups is 1. The van der Waals surface area contributed by atoms with Crippen molar-refractivity contribution in [2.45, 2.75) is 16.2 Å². The van der Waals surface area contributed by atoms with Gasteiger partial charge in [0.2, 0.25) is 0 Å². The molecule has 2 aromatic rings. The second kappa shape index (κ2) is 8.77. The minimum Gasteiger partial charge on any atom is -0.744 e. The van der Waals surface area contributed by atoms with E-state index in [0.29, 0.717) is 17.5 Å². The van der Waals surface area contributed by atoms with Crippen LogP contribution in [0, 0.1) is 23.3 Å². The minimum absolute atomic E-state index is 0.0287. The van der Waals surface area contributed by atoms with Crippen LogP contribution in [-0.2, 0) is 10.1 Å². The van der Waals surface area contributed by atoms with Gasteiger partial charge in [-0.15, -0.1) is 11.8 Å². The van der Waals surface area contributed by atoms with Gasteiger partial charge in [0.25, 0.3) is 0 Å². The molecule has 0 saturated heterocycles. The molecule has 0 saturated carbocycles. The molecular weight excluding hydrogens is 408 g/mol. The Balaban J connectivity index is 2.00. The smallest absolute Gasteiger partial charge is 0.180 e. The fourth-order valence-corrected chi connectivity index (χ4v) is 3.58. The predicted octanol–water partition coefficient (Wildman–Crippen LogP) is 4.35. The van der Waals surface area contributed by atoms with Crippen LogP contribution in [0.2, 0.25) is 0 Å². The highest BCUT2D eigenvalue weighted by Crippen LogP contribution is 2.33. The van der Waals surface area contributed by atoms with Gasteiger partial charge in [-0.25, -0.2) is 26.0 Å². The van der Waals surface area contributed by atoms with Crippen LogP contribution in [-0.4, -0.2) is 25.3 Å². The third kappa shape index (κ3) is 5.02. The molecule has 10 heteroatoms. The maximum Gasteiger partial charge on any atom is 0.180 e. The molecule has 0 radical (unpaired) electrons. The van der Waals surface area contributed by atoms with Gasteiger partial charge in [-0.3, -0.25) is 0 Å². The van der Waals surface area contributed by atoms with E-state index in [9.17, 15) is 30.5 Å². The van der Waals surface area contributed by atoms with Crippen LogP contribution < -0.4 is 4.74 Å². The number of rotatable bonds is 8. The molecule has 0 aliphatic rings. The first-order valence-corrected chi connectivity index (χ1v) is 9.86. The van der Waals surface area contributed by atoms with Gasteiger partial charge in [-0.2, -0.15) is 0 Å². The molecule has 0 heterocycles. The Hall–Kier alpha value is -2.04. The van der Waals surface area contributed by atoms with Crippen molar-refractivity contribution in [1.82, 2.24) is 0 Å². The Morgan fingerprint density at radius 3 is 2.07 bits per heavy atom. The molecule has 0 aliphatic carbocycles. The zero-order valence-electron chi connectivity index (χ0n) is 13.7. The molecule has 0 atom stereocenters. The van der Waals surface area contributed by atoms with Crippen molar-refractivity contribution in [1.29, 1.82) is 0 Å². The van der Waals surface area contributed by atoms with Crippen molar-refractivity contribution >= 4 is 28.0 Å². The molecule has 146 valence electrons. The van der Waals surface area contributed by atoms with E-state index in [0.717, 1.165) is 5.56 Å². The maximum absolute atomic E-state index is 13.8. The van der Waals surface area contributed by atoms with Crippen LogP contribution >= 0.6 is 11.8 Å². The lowest BCUT2D eigenvalue weighted by Gasteiger charge is -2.14. The van der Waals surface area contributed by atoms with Gasteiger partial charge in [-0.1, -0.05) is 24.8 Å². The van der Waals surface area contributed by atoms with E-state index in [-0.39, 0.29) is 18.8 Å². The standard InChI is InChI=1S/C17H14F4O4S2/c1-2-10-4-6-11(7-5-10)25-8-3-9-26-16-12(18)14(20)17(27(22,23)24)15(21)13(16)19/h2,4-7H,1,3,8-9H2,(H,22,23,24)/p-1. The molecule has 2 aromatic carbocycles. The Morgan fingerprint density at radius 1 is 1.04 bits per heavy atom. The second-order valence-corrected chi connectivity index (χ2v) is 7.61. The number of benzene rings is 2. The first kappa shape index (κ1) is 21.3. The van der Waals surface area contributed by atoms with Crippen LogP contribution in [0.4, 0.5) is 17.6 Å². The normalized spacial score (nSPS) is 11.4. The third-order valence-electron chi connectivity index (χ3n) is 3.35. The van der Waals surface area contributed by atoms with E-state index in [2.05, 4.69) is 6.58 Å². The molecule has 0 aliphatic heterocycles. The second-order valence-electron chi connectivity index (χ2n) is 5.19. The Morgan fingerprint density at radius 2 is 1.59 bits per heavy atom. The topological polar surface area (TPSA) is 66.4 Å². The number of hydrogen-bond donors (Lipinski definition) is 0. The molecule has 0 N–H and O–H groups in total. The van der Waals surface area contributed by atoms with E-state index < -0.39 is 43.2 Å². The lowest BCUT2D eigenvalue weighted by atomic mass is 10.2. The highest BCUT2D eigenvalue weighted by molar-refractivity contribution is 7.99. The third-order valence-corrected chi connectivity index (χ3v) is 5.35. The number of ether oxygens (including phenoxy) is 1. The lowest BCUT2D eigenvalue weighted by molar-refractivity contribution is 0.318. The van der Waals surface area contributed by atoms with Gasteiger partial charge < -0.3 is 9.29 Å². The maximum atomic E-state index is 13.8. The summed E-state index contributed by atoms with van der Waals surface area (Å²) in [6, 6.07) is 6.96. The summed E-state index contributed by atoms with van der Waals surface area (Å²) in [5, 5.41) is 0. The number of hydrogen-bond acceptors (Lipinski definition) is 5. The van der Waals surface area contributed by atoms with Crippen LogP contribution in [0.15, 0.2) is 40.6 Å². The zero-order valence-corrected chi connectivity index (χ0v) is 15.3. The van der Waals surface area contributed by atoms with Crippen molar-refractivity contribution in [2.75, 3.05) is 12.4 Å². The largest absolute Gasteiger partial charge is 0.744 e. The van der Waals surface area contributed by atoms with Gasteiger partial charge in [0.15, 0.2) is 23.3 Å². The van der Waals surface area contributed by atoms with Crippen LogP contribution in [0.3, 0.4) is 0 Å². The number of halogens is 4. The molecule has 0 fully saturated rings.